The molecule has 1 fully saturated rings. The lowest BCUT2D eigenvalue weighted by Gasteiger charge is -2.14. The molecule has 2 aromatic heterocycles. The zero-order chi connectivity index (χ0) is 14.1. The normalized spacial score (nSPS) is 18.4. The third kappa shape index (κ3) is 2.54. The SMILES string of the molecule is c1csc(Cn2c(NC3CCNC3)nc3ccccc32)c1. The van der Waals surface area contributed by atoms with Gasteiger partial charge < -0.3 is 15.2 Å². The molecule has 0 spiro atoms. The summed E-state index contributed by atoms with van der Waals surface area (Å²) in [5.74, 6) is 0.985. The van der Waals surface area contributed by atoms with Gasteiger partial charge in [-0.05, 0) is 36.5 Å². The van der Waals surface area contributed by atoms with Gasteiger partial charge in [0.15, 0.2) is 0 Å². The Morgan fingerprint density at radius 1 is 1.29 bits per heavy atom. The number of aromatic nitrogens is 2. The molecule has 1 aliphatic rings. The molecular formula is C16H18N4S. The second-order valence-corrected chi connectivity index (χ2v) is 6.46. The number of nitrogens with one attached hydrogen (secondary N) is 2. The first kappa shape index (κ1) is 12.9. The molecule has 3 aromatic rings. The van der Waals surface area contributed by atoms with Crippen molar-refractivity contribution in [2.24, 2.45) is 0 Å². The summed E-state index contributed by atoms with van der Waals surface area (Å²) in [7, 11) is 0. The van der Waals surface area contributed by atoms with E-state index in [0.29, 0.717) is 6.04 Å². The van der Waals surface area contributed by atoms with Gasteiger partial charge in [0.1, 0.15) is 0 Å². The molecule has 0 bridgehead atoms. The largest absolute Gasteiger partial charge is 0.352 e. The molecule has 0 saturated carbocycles. The van der Waals surface area contributed by atoms with Crippen molar-refractivity contribution in [3.63, 3.8) is 0 Å². The van der Waals surface area contributed by atoms with Crippen LogP contribution in [0.15, 0.2) is 41.8 Å². The highest BCUT2D eigenvalue weighted by atomic mass is 32.1. The molecular weight excluding hydrogens is 280 g/mol. The maximum atomic E-state index is 4.79. The summed E-state index contributed by atoms with van der Waals surface area (Å²) in [6.45, 7) is 2.98. The quantitative estimate of drug-likeness (QED) is 0.778. The third-order valence-electron chi connectivity index (χ3n) is 3.94. The van der Waals surface area contributed by atoms with Crippen LogP contribution in [0, 0.1) is 0 Å². The van der Waals surface area contributed by atoms with E-state index >= 15 is 0 Å². The van der Waals surface area contributed by atoms with Gasteiger partial charge in [-0.3, -0.25) is 0 Å². The van der Waals surface area contributed by atoms with Crippen molar-refractivity contribution in [3.8, 4) is 0 Å². The monoisotopic (exact) mass is 298 g/mol. The molecule has 1 unspecified atom stereocenters. The van der Waals surface area contributed by atoms with Crippen molar-refractivity contribution in [1.82, 2.24) is 14.9 Å². The molecule has 2 N–H and O–H groups in total. The molecule has 5 heteroatoms. The summed E-state index contributed by atoms with van der Waals surface area (Å²) in [6.07, 6.45) is 1.15. The number of para-hydroxylation sites is 2. The fourth-order valence-corrected chi connectivity index (χ4v) is 3.56. The Labute approximate surface area is 127 Å². The number of thiophene rings is 1. The summed E-state index contributed by atoms with van der Waals surface area (Å²) in [6, 6.07) is 13.1. The molecule has 0 radical (unpaired) electrons. The van der Waals surface area contributed by atoms with E-state index in [1.807, 2.05) is 6.07 Å². The van der Waals surface area contributed by atoms with Gasteiger partial charge in [-0.2, -0.15) is 0 Å². The van der Waals surface area contributed by atoms with Gasteiger partial charge in [-0.15, -0.1) is 11.3 Å². The standard InChI is InChI=1S/C16H18N4S/c1-2-6-15-14(5-1)19-16(18-12-7-8-17-10-12)20(15)11-13-4-3-9-21-13/h1-6,9,12,17H,7-8,10-11H2,(H,18,19). The second-order valence-electron chi connectivity index (χ2n) is 5.42. The first-order chi connectivity index (χ1) is 10.4. The van der Waals surface area contributed by atoms with E-state index in [1.54, 1.807) is 11.3 Å². The number of benzene rings is 1. The van der Waals surface area contributed by atoms with Crippen LogP contribution in [0.4, 0.5) is 5.95 Å². The first-order valence-electron chi connectivity index (χ1n) is 7.35. The predicted molar refractivity (Wildman–Crippen MR) is 88.1 cm³/mol. The van der Waals surface area contributed by atoms with Crippen LogP contribution >= 0.6 is 11.3 Å². The van der Waals surface area contributed by atoms with Crippen molar-refractivity contribution in [1.29, 1.82) is 0 Å². The Morgan fingerprint density at radius 2 is 2.24 bits per heavy atom. The summed E-state index contributed by atoms with van der Waals surface area (Å²) >= 11 is 1.79. The Morgan fingerprint density at radius 3 is 3.05 bits per heavy atom. The number of anilines is 1. The van der Waals surface area contributed by atoms with Crippen LogP contribution in [-0.2, 0) is 6.54 Å². The number of nitrogens with zero attached hydrogens (tertiary/aromatic N) is 2. The molecule has 1 aromatic carbocycles. The lowest BCUT2D eigenvalue weighted by Crippen LogP contribution is -2.24. The predicted octanol–water partition coefficient (Wildman–Crippen LogP) is 2.92. The highest BCUT2D eigenvalue weighted by molar-refractivity contribution is 7.09. The Kier molecular flexibility index (Phi) is 3.37. The van der Waals surface area contributed by atoms with Crippen molar-refractivity contribution >= 4 is 28.3 Å². The third-order valence-corrected chi connectivity index (χ3v) is 4.80. The number of hydrogen-bond acceptors (Lipinski definition) is 4. The van der Waals surface area contributed by atoms with Crippen LogP contribution < -0.4 is 10.6 Å². The van der Waals surface area contributed by atoms with E-state index in [-0.39, 0.29) is 0 Å². The Bertz CT molecular complexity index is 726. The smallest absolute Gasteiger partial charge is 0.204 e. The van der Waals surface area contributed by atoms with Crippen LogP contribution in [0.5, 0.6) is 0 Å². The zero-order valence-electron chi connectivity index (χ0n) is 11.7. The lowest BCUT2D eigenvalue weighted by molar-refractivity contribution is 0.753. The van der Waals surface area contributed by atoms with Crippen molar-refractivity contribution in [2.45, 2.75) is 19.0 Å². The van der Waals surface area contributed by atoms with Gasteiger partial charge in [0.05, 0.1) is 17.6 Å². The second kappa shape index (κ2) is 5.50. The minimum absolute atomic E-state index is 0.476. The van der Waals surface area contributed by atoms with Crippen LogP contribution in [-0.4, -0.2) is 28.7 Å². The molecule has 1 saturated heterocycles. The average molecular weight is 298 g/mol. The molecule has 1 aliphatic heterocycles. The van der Waals surface area contributed by atoms with Gasteiger partial charge in [-0.1, -0.05) is 18.2 Å². The van der Waals surface area contributed by atoms with E-state index in [4.69, 9.17) is 4.98 Å². The average Bonchev–Trinajstić information content (AvgIpc) is 3.23. The highest BCUT2D eigenvalue weighted by Gasteiger charge is 2.18. The van der Waals surface area contributed by atoms with Crippen molar-refractivity contribution in [3.05, 3.63) is 46.7 Å². The summed E-state index contributed by atoms with van der Waals surface area (Å²) < 4.78 is 2.29. The lowest BCUT2D eigenvalue weighted by atomic mass is 10.3. The fourth-order valence-electron chi connectivity index (χ4n) is 2.86. The van der Waals surface area contributed by atoms with Crippen molar-refractivity contribution in [2.75, 3.05) is 18.4 Å². The van der Waals surface area contributed by atoms with Gasteiger partial charge in [-0.25, -0.2) is 4.98 Å². The molecule has 3 heterocycles. The number of fused-ring (bicyclic) bond motifs is 1. The van der Waals surface area contributed by atoms with Crippen LogP contribution in [0.1, 0.15) is 11.3 Å². The molecule has 108 valence electrons. The summed E-state index contributed by atoms with van der Waals surface area (Å²) in [5.41, 5.74) is 2.25. The summed E-state index contributed by atoms with van der Waals surface area (Å²) in [4.78, 5) is 6.14. The fraction of sp³-hybridized carbons (Fsp3) is 0.312. The Balaban J connectivity index is 1.73. The first-order valence-corrected chi connectivity index (χ1v) is 8.23. The van der Waals surface area contributed by atoms with Crippen LogP contribution in [0.3, 0.4) is 0 Å². The number of imidazole rings is 1. The van der Waals surface area contributed by atoms with Gasteiger partial charge in [0.25, 0.3) is 0 Å². The van der Waals surface area contributed by atoms with E-state index < -0.39 is 0 Å². The highest BCUT2D eigenvalue weighted by Crippen LogP contribution is 2.23. The molecule has 0 amide bonds. The minimum atomic E-state index is 0.476. The van der Waals surface area contributed by atoms with Crippen molar-refractivity contribution < 1.29 is 0 Å². The molecule has 4 nitrogen and oxygen atoms in total. The summed E-state index contributed by atoms with van der Waals surface area (Å²) in [5, 5.41) is 9.13. The molecule has 21 heavy (non-hydrogen) atoms. The van der Waals surface area contributed by atoms with Gasteiger partial charge >= 0.3 is 0 Å². The zero-order valence-corrected chi connectivity index (χ0v) is 12.6. The minimum Gasteiger partial charge on any atom is -0.352 e. The van der Waals surface area contributed by atoms with Crippen LogP contribution in [0.25, 0.3) is 11.0 Å². The van der Waals surface area contributed by atoms with Crippen LogP contribution in [0.2, 0.25) is 0 Å². The molecule has 1 atom stereocenters. The van der Waals surface area contributed by atoms with E-state index in [0.717, 1.165) is 37.5 Å². The Hall–Kier alpha value is -1.85. The maximum absolute atomic E-state index is 4.79. The topological polar surface area (TPSA) is 41.9 Å². The number of hydrogen-bond donors (Lipinski definition) is 2. The van der Waals surface area contributed by atoms with E-state index in [9.17, 15) is 0 Å². The number of rotatable bonds is 4. The van der Waals surface area contributed by atoms with E-state index in [2.05, 4.69) is 50.9 Å². The molecule has 4 rings (SSSR count). The van der Waals surface area contributed by atoms with Gasteiger partial charge in [0.2, 0.25) is 5.95 Å². The van der Waals surface area contributed by atoms with E-state index in [1.165, 1.54) is 10.4 Å². The maximum Gasteiger partial charge on any atom is 0.204 e. The van der Waals surface area contributed by atoms with Gasteiger partial charge in [0, 0.05) is 17.5 Å². The molecule has 0 aliphatic carbocycles.